The van der Waals surface area contributed by atoms with Crippen molar-refractivity contribution in [2.45, 2.75) is 33.2 Å². The van der Waals surface area contributed by atoms with Gasteiger partial charge in [-0.25, -0.2) is 4.79 Å². The molecular weight excluding hydrogens is 262 g/mol. The fourth-order valence-corrected chi connectivity index (χ4v) is 2.57. The van der Waals surface area contributed by atoms with Gasteiger partial charge in [0.2, 0.25) is 0 Å². The van der Waals surface area contributed by atoms with E-state index in [0.29, 0.717) is 11.5 Å². The molecule has 19 heavy (non-hydrogen) atoms. The van der Waals surface area contributed by atoms with Crippen LogP contribution in [0.1, 0.15) is 42.4 Å². The number of thiophene rings is 1. The quantitative estimate of drug-likeness (QED) is 0.788. The van der Waals surface area contributed by atoms with Crippen molar-refractivity contribution in [1.29, 1.82) is 0 Å². The lowest BCUT2D eigenvalue weighted by Gasteiger charge is -2.15. The molecule has 1 unspecified atom stereocenters. The number of nitrogens with one attached hydrogen (secondary N) is 1. The maximum atomic E-state index is 11.9. The van der Waals surface area contributed by atoms with Crippen LogP contribution < -0.4 is 5.32 Å². The molecule has 0 bridgehead atoms. The maximum Gasteiger partial charge on any atom is 0.328 e. The molecule has 0 aliphatic heterocycles. The number of carbonyl (C=O) groups is 2. The lowest BCUT2D eigenvalue weighted by atomic mass is 10.1. The first-order chi connectivity index (χ1) is 8.88. The van der Waals surface area contributed by atoms with Crippen molar-refractivity contribution in [2.75, 3.05) is 0 Å². The molecule has 1 aromatic rings. The molecule has 104 valence electrons. The molecule has 5 heteroatoms. The number of rotatable bonds is 6. The van der Waals surface area contributed by atoms with Crippen LogP contribution in [-0.4, -0.2) is 23.0 Å². The average Bonchev–Trinajstić information content (AvgIpc) is 2.73. The second-order valence-corrected chi connectivity index (χ2v) is 5.86. The van der Waals surface area contributed by atoms with Crippen molar-refractivity contribution in [3.8, 4) is 0 Å². The van der Waals surface area contributed by atoms with Crippen molar-refractivity contribution in [2.24, 2.45) is 5.92 Å². The van der Waals surface area contributed by atoms with Crippen LogP contribution in [0, 0.1) is 5.92 Å². The van der Waals surface area contributed by atoms with Crippen LogP contribution in [0.3, 0.4) is 0 Å². The van der Waals surface area contributed by atoms with E-state index in [0.717, 1.165) is 17.4 Å². The number of amides is 1. The molecule has 0 saturated heterocycles. The van der Waals surface area contributed by atoms with Gasteiger partial charge < -0.3 is 10.4 Å². The minimum Gasteiger partial charge on any atom is -0.478 e. The lowest BCUT2D eigenvalue weighted by Crippen LogP contribution is -2.33. The molecular formula is C14H19NO3S. The van der Waals surface area contributed by atoms with Gasteiger partial charge in [0.05, 0.1) is 5.56 Å². The monoisotopic (exact) mass is 281 g/mol. The van der Waals surface area contributed by atoms with Crippen molar-refractivity contribution in [1.82, 2.24) is 5.32 Å². The standard InChI is InChI=1S/C14H19NO3S/c1-9(2)6-10(3)15-14(18)11-7-12(19-8-11)4-5-13(16)17/h4-5,7-10H,6H2,1-3H3,(H,15,18)(H,16,17). The number of hydrogen-bond acceptors (Lipinski definition) is 3. The summed E-state index contributed by atoms with van der Waals surface area (Å²) in [5.41, 5.74) is 0.575. The van der Waals surface area contributed by atoms with Gasteiger partial charge in [-0.2, -0.15) is 0 Å². The first-order valence-electron chi connectivity index (χ1n) is 6.19. The second-order valence-electron chi connectivity index (χ2n) is 4.91. The van der Waals surface area contributed by atoms with Crippen molar-refractivity contribution in [3.05, 3.63) is 28.0 Å². The Labute approximate surface area is 117 Å². The Bertz CT molecular complexity index is 477. The third-order valence-corrected chi connectivity index (χ3v) is 3.37. The zero-order valence-electron chi connectivity index (χ0n) is 11.3. The Morgan fingerprint density at radius 1 is 1.42 bits per heavy atom. The molecule has 1 atom stereocenters. The molecule has 4 nitrogen and oxygen atoms in total. The molecule has 0 saturated carbocycles. The zero-order valence-corrected chi connectivity index (χ0v) is 12.2. The van der Waals surface area contributed by atoms with Gasteiger partial charge in [-0.05, 0) is 31.4 Å². The third kappa shape index (κ3) is 5.70. The molecule has 1 amide bonds. The van der Waals surface area contributed by atoms with Gasteiger partial charge in [-0.3, -0.25) is 4.79 Å². The molecule has 1 aromatic heterocycles. The van der Waals surface area contributed by atoms with E-state index >= 15 is 0 Å². The topological polar surface area (TPSA) is 66.4 Å². The molecule has 1 heterocycles. The summed E-state index contributed by atoms with van der Waals surface area (Å²) < 4.78 is 0. The maximum absolute atomic E-state index is 11.9. The van der Waals surface area contributed by atoms with E-state index in [1.807, 2.05) is 6.92 Å². The van der Waals surface area contributed by atoms with E-state index in [2.05, 4.69) is 19.2 Å². The summed E-state index contributed by atoms with van der Waals surface area (Å²) in [7, 11) is 0. The summed E-state index contributed by atoms with van der Waals surface area (Å²) in [6.45, 7) is 6.21. The number of aliphatic carboxylic acids is 1. The normalized spacial score (nSPS) is 12.8. The summed E-state index contributed by atoms with van der Waals surface area (Å²) in [4.78, 5) is 23.1. The number of carboxylic acid groups (broad SMARTS) is 1. The molecule has 0 aliphatic carbocycles. The van der Waals surface area contributed by atoms with E-state index in [1.165, 1.54) is 17.4 Å². The minimum absolute atomic E-state index is 0.112. The van der Waals surface area contributed by atoms with Crippen LogP contribution in [0.2, 0.25) is 0 Å². The highest BCUT2D eigenvalue weighted by Crippen LogP contribution is 2.16. The van der Waals surface area contributed by atoms with Gasteiger partial charge in [0.15, 0.2) is 0 Å². The van der Waals surface area contributed by atoms with Gasteiger partial charge >= 0.3 is 5.97 Å². The average molecular weight is 281 g/mol. The van der Waals surface area contributed by atoms with E-state index < -0.39 is 5.97 Å². The second kappa shape index (κ2) is 7.09. The van der Waals surface area contributed by atoms with Gasteiger partial charge in [0.25, 0.3) is 5.91 Å². The molecule has 2 N–H and O–H groups in total. The van der Waals surface area contributed by atoms with Crippen LogP contribution in [0.15, 0.2) is 17.5 Å². The third-order valence-electron chi connectivity index (χ3n) is 2.47. The lowest BCUT2D eigenvalue weighted by molar-refractivity contribution is -0.131. The first-order valence-corrected chi connectivity index (χ1v) is 7.07. The number of carboxylic acids is 1. The van der Waals surface area contributed by atoms with Crippen molar-refractivity contribution < 1.29 is 14.7 Å². The fourth-order valence-electron chi connectivity index (χ4n) is 1.79. The zero-order chi connectivity index (χ0) is 14.4. The molecule has 0 aliphatic rings. The highest BCUT2D eigenvalue weighted by atomic mass is 32.1. The van der Waals surface area contributed by atoms with Crippen LogP contribution >= 0.6 is 11.3 Å². The predicted molar refractivity (Wildman–Crippen MR) is 77.4 cm³/mol. The summed E-state index contributed by atoms with van der Waals surface area (Å²) in [5.74, 6) is -0.573. The van der Waals surface area contributed by atoms with E-state index in [-0.39, 0.29) is 11.9 Å². The van der Waals surface area contributed by atoms with Crippen molar-refractivity contribution >= 4 is 29.3 Å². The Balaban J connectivity index is 2.61. The fraction of sp³-hybridized carbons (Fsp3) is 0.429. The van der Waals surface area contributed by atoms with Crippen LogP contribution in [0.5, 0.6) is 0 Å². The number of carbonyl (C=O) groups excluding carboxylic acids is 1. The van der Waals surface area contributed by atoms with Gasteiger partial charge in [0, 0.05) is 22.4 Å². The molecule has 1 rings (SSSR count). The number of hydrogen-bond donors (Lipinski definition) is 2. The highest BCUT2D eigenvalue weighted by molar-refractivity contribution is 7.11. The predicted octanol–water partition coefficient (Wildman–Crippen LogP) is 3.01. The summed E-state index contributed by atoms with van der Waals surface area (Å²) in [6.07, 6.45) is 3.48. The molecule has 0 aromatic carbocycles. The summed E-state index contributed by atoms with van der Waals surface area (Å²) in [5, 5.41) is 13.2. The van der Waals surface area contributed by atoms with E-state index in [1.54, 1.807) is 11.4 Å². The Morgan fingerprint density at radius 2 is 2.11 bits per heavy atom. The van der Waals surface area contributed by atoms with E-state index in [4.69, 9.17) is 5.11 Å². The van der Waals surface area contributed by atoms with Crippen LogP contribution in [0.4, 0.5) is 0 Å². The van der Waals surface area contributed by atoms with Crippen LogP contribution in [0.25, 0.3) is 6.08 Å². The molecule has 0 spiro atoms. The summed E-state index contributed by atoms with van der Waals surface area (Å²) >= 11 is 1.35. The Kier molecular flexibility index (Phi) is 5.76. The minimum atomic E-state index is -0.995. The molecule has 0 radical (unpaired) electrons. The Hall–Kier alpha value is -1.62. The molecule has 0 fully saturated rings. The Morgan fingerprint density at radius 3 is 2.68 bits per heavy atom. The first kappa shape index (κ1) is 15.4. The SMILES string of the molecule is CC(C)CC(C)NC(=O)c1csc(C=CC(=O)O)c1. The van der Waals surface area contributed by atoms with Gasteiger partial charge in [-0.15, -0.1) is 11.3 Å². The summed E-state index contributed by atoms with van der Waals surface area (Å²) in [6, 6.07) is 1.83. The largest absolute Gasteiger partial charge is 0.478 e. The van der Waals surface area contributed by atoms with Crippen molar-refractivity contribution in [3.63, 3.8) is 0 Å². The smallest absolute Gasteiger partial charge is 0.328 e. The van der Waals surface area contributed by atoms with Gasteiger partial charge in [0.1, 0.15) is 0 Å². The van der Waals surface area contributed by atoms with E-state index in [9.17, 15) is 9.59 Å². The van der Waals surface area contributed by atoms with Gasteiger partial charge in [-0.1, -0.05) is 13.8 Å². The highest BCUT2D eigenvalue weighted by Gasteiger charge is 2.12. The van der Waals surface area contributed by atoms with Crippen LogP contribution in [-0.2, 0) is 4.79 Å².